The summed E-state index contributed by atoms with van der Waals surface area (Å²) < 4.78 is 1.89. The van der Waals surface area contributed by atoms with E-state index >= 15 is 0 Å². The van der Waals surface area contributed by atoms with Crippen LogP contribution in [0.4, 0.5) is 0 Å². The van der Waals surface area contributed by atoms with Crippen LogP contribution >= 0.6 is 22.7 Å². The number of carbonyl (C=O) groups is 1. The van der Waals surface area contributed by atoms with E-state index in [0.717, 1.165) is 26.8 Å². The zero-order valence-electron chi connectivity index (χ0n) is 16.0. The second kappa shape index (κ2) is 7.57. The van der Waals surface area contributed by atoms with Gasteiger partial charge in [-0.1, -0.05) is 24.3 Å². The Morgan fingerprint density at radius 3 is 2.76 bits per heavy atom. The van der Waals surface area contributed by atoms with Crippen molar-refractivity contribution in [2.75, 3.05) is 7.05 Å². The molecule has 0 N–H and O–H groups in total. The van der Waals surface area contributed by atoms with Crippen molar-refractivity contribution in [2.45, 2.75) is 25.3 Å². The molecule has 0 saturated heterocycles. The summed E-state index contributed by atoms with van der Waals surface area (Å²) >= 11 is 3.19. The van der Waals surface area contributed by atoms with Crippen LogP contribution in [0.2, 0.25) is 0 Å². The fraction of sp³-hybridized carbons (Fsp3) is 0.227. The third-order valence-corrected chi connectivity index (χ3v) is 7.00. The molecule has 1 amide bonds. The van der Waals surface area contributed by atoms with E-state index in [4.69, 9.17) is 5.10 Å². The first-order chi connectivity index (χ1) is 14.2. The van der Waals surface area contributed by atoms with Crippen molar-refractivity contribution in [1.29, 1.82) is 0 Å². The minimum atomic E-state index is 0.0130. The summed E-state index contributed by atoms with van der Waals surface area (Å²) in [7, 11) is 1.84. The number of carbonyl (C=O) groups excluding carboxylic acids is 1. The van der Waals surface area contributed by atoms with Crippen LogP contribution in [0.15, 0.2) is 60.2 Å². The largest absolute Gasteiger partial charge is 0.336 e. The molecular formula is C22H20N4OS2. The average molecular weight is 421 g/mol. The van der Waals surface area contributed by atoms with E-state index < -0.39 is 0 Å². The quantitative estimate of drug-likeness (QED) is 0.430. The summed E-state index contributed by atoms with van der Waals surface area (Å²) in [6.45, 7) is 0.496. The first-order valence-corrected chi connectivity index (χ1v) is 11.3. The van der Waals surface area contributed by atoms with Gasteiger partial charge in [0, 0.05) is 31.3 Å². The minimum Gasteiger partial charge on any atom is -0.336 e. The Balaban J connectivity index is 1.43. The highest BCUT2D eigenvalue weighted by molar-refractivity contribution is 7.14. The van der Waals surface area contributed by atoms with E-state index in [2.05, 4.69) is 11.1 Å². The smallest absolute Gasteiger partial charge is 0.265 e. The van der Waals surface area contributed by atoms with Crippen LogP contribution in [0, 0.1) is 0 Å². The van der Waals surface area contributed by atoms with Crippen molar-refractivity contribution in [3.63, 3.8) is 0 Å². The summed E-state index contributed by atoms with van der Waals surface area (Å²) in [4.78, 5) is 21.0. The Morgan fingerprint density at radius 2 is 2.03 bits per heavy atom. The Bertz CT molecular complexity index is 1130. The molecule has 0 atom stereocenters. The number of hydrogen-bond donors (Lipinski definition) is 0. The maximum Gasteiger partial charge on any atom is 0.265 e. The summed E-state index contributed by atoms with van der Waals surface area (Å²) in [6.07, 6.45) is 6.14. The lowest BCUT2D eigenvalue weighted by Gasteiger charge is -2.15. The van der Waals surface area contributed by atoms with Gasteiger partial charge < -0.3 is 4.90 Å². The standard InChI is InChI=1S/C22H20N4OS2/c1-25(22(27)19-12-23-21(29-19)15-9-10-15)13-16-14-26(17-6-3-2-4-7-17)24-20(16)18-8-5-11-28-18/h2-8,11-12,14-15H,9-10,13H2,1H3. The summed E-state index contributed by atoms with van der Waals surface area (Å²) in [5.74, 6) is 0.584. The fourth-order valence-corrected chi connectivity index (χ4v) is 5.11. The molecule has 7 heteroatoms. The van der Waals surface area contributed by atoms with Gasteiger partial charge in [0.05, 0.1) is 21.8 Å². The minimum absolute atomic E-state index is 0.0130. The van der Waals surface area contributed by atoms with Crippen LogP contribution in [0.5, 0.6) is 0 Å². The van der Waals surface area contributed by atoms with Crippen LogP contribution in [0.3, 0.4) is 0 Å². The zero-order chi connectivity index (χ0) is 19.8. The molecule has 3 heterocycles. The SMILES string of the molecule is CN(Cc1cn(-c2ccccc2)nc1-c1cccs1)C(=O)c1cnc(C2CC2)s1. The molecule has 0 bridgehead atoms. The number of benzene rings is 1. The third kappa shape index (κ3) is 3.75. The van der Waals surface area contributed by atoms with Crippen LogP contribution in [-0.2, 0) is 6.54 Å². The molecule has 1 aliphatic carbocycles. The molecule has 29 heavy (non-hydrogen) atoms. The molecular weight excluding hydrogens is 400 g/mol. The van der Waals surface area contributed by atoms with Crippen molar-refractivity contribution in [3.8, 4) is 16.3 Å². The number of nitrogens with zero attached hydrogens (tertiary/aromatic N) is 4. The van der Waals surface area contributed by atoms with E-state index in [9.17, 15) is 4.79 Å². The second-order valence-electron chi connectivity index (χ2n) is 7.26. The van der Waals surface area contributed by atoms with Gasteiger partial charge in [-0.3, -0.25) is 4.79 Å². The molecule has 1 saturated carbocycles. The lowest BCUT2D eigenvalue weighted by Crippen LogP contribution is -2.25. The molecule has 1 fully saturated rings. The molecule has 0 aliphatic heterocycles. The van der Waals surface area contributed by atoms with Gasteiger partial charge >= 0.3 is 0 Å². The lowest BCUT2D eigenvalue weighted by atomic mass is 10.2. The van der Waals surface area contributed by atoms with E-state index in [-0.39, 0.29) is 5.91 Å². The van der Waals surface area contributed by atoms with Gasteiger partial charge in [-0.2, -0.15) is 5.10 Å². The van der Waals surface area contributed by atoms with Gasteiger partial charge in [0.2, 0.25) is 0 Å². The highest BCUT2D eigenvalue weighted by Gasteiger charge is 2.28. The summed E-state index contributed by atoms with van der Waals surface area (Å²) in [6, 6.07) is 14.1. The molecule has 0 unspecified atom stereocenters. The van der Waals surface area contributed by atoms with Gasteiger partial charge in [0.15, 0.2) is 0 Å². The van der Waals surface area contributed by atoms with Gasteiger partial charge in [0.1, 0.15) is 10.6 Å². The molecule has 3 aromatic heterocycles. The Morgan fingerprint density at radius 1 is 1.21 bits per heavy atom. The predicted octanol–water partition coefficient (Wildman–Crippen LogP) is 5.21. The number of amides is 1. The first-order valence-electron chi connectivity index (χ1n) is 9.58. The molecule has 4 aromatic rings. The zero-order valence-corrected chi connectivity index (χ0v) is 17.6. The van der Waals surface area contributed by atoms with Crippen molar-refractivity contribution in [3.05, 3.63) is 75.7 Å². The summed E-state index contributed by atoms with van der Waals surface area (Å²) in [5, 5.41) is 7.97. The maximum atomic E-state index is 13.0. The van der Waals surface area contributed by atoms with Gasteiger partial charge in [-0.25, -0.2) is 9.67 Å². The topological polar surface area (TPSA) is 51.0 Å². The number of rotatable bonds is 6. The van der Waals surface area contributed by atoms with Crippen molar-refractivity contribution >= 4 is 28.6 Å². The Kier molecular flexibility index (Phi) is 4.77. The van der Waals surface area contributed by atoms with Crippen LogP contribution in [0.1, 0.15) is 39.0 Å². The first kappa shape index (κ1) is 18.3. The molecule has 146 valence electrons. The van der Waals surface area contributed by atoms with Gasteiger partial charge in [0.25, 0.3) is 5.91 Å². The van der Waals surface area contributed by atoms with E-state index in [0.29, 0.717) is 17.3 Å². The number of aromatic nitrogens is 3. The van der Waals surface area contributed by atoms with Crippen LogP contribution < -0.4 is 0 Å². The van der Waals surface area contributed by atoms with E-state index in [1.165, 1.54) is 24.2 Å². The highest BCUT2D eigenvalue weighted by Crippen LogP contribution is 2.42. The number of thiophene rings is 1. The molecule has 5 rings (SSSR count). The Labute approximate surface area is 177 Å². The molecule has 0 radical (unpaired) electrons. The molecule has 1 aromatic carbocycles. The number of hydrogen-bond acceptors (Lipinski definition) is 5. The number of para-hydroxylation sites is 1. The van der Waals surface area contributed by atoms with Crippen molar-refractivity contribution in [2.24, 2.45) is 0 Å². The monoisotopic (exact) mass is 420 g/mol. The van der Waals surface area contributed by atoms with Gasteiger partial charge in [-0.05, 0) is 36.4 Å². The maximum absolute atomic E-state index is 13.0. The fourth-order valence-electron chi connectivity index (χ4n) is 3.28. The van der Waals surface area contributed by atoms with Crippen LogP contribution in [0.25, 0.3) is 16.3 Å². The molecule has 1 aliphatic rings. The third-order valence-electron chi connectivity index (χ3n) is 4.98. The normalized spacial score (nSPS) is 13.6. The van der Waals surface area contributed by atoms with Crippen LogP contribution in [-0.4, -0.2) is 32.6 Å². The van der Waals surface area contributed by atoms with E-state index in [1.807, 2.05) is 59.7 Å². The molecule has 5 nitrogen and oxygen atoms in total. The van der Waals surface area contributed by atoms with Gasteiger partial charge in [-0.15, -0.1) is 22.7 Å². The number of thiazole rings is 1. The molecule has 0 spiro atoms. The van der Waals surface area contributed by atoms with Crippen molar-refractivity contribution < 1.29 is 4.79 Å². The lowest BCUT2D eigenvalue weighted by molar-refractivity contribution is 0.0790. The second-order valence-corrected chi connectivity index (χ2v) is 9.27. The van der Waals surface area contributed by atoms with Crippen molar-refractivity contribution in [1.82, 2.24) is 19.7 Å². The predicted molar refractivity (Wildman–Crippen MR) is 117 cm³/mol. The average Bonchev–Trinajstić information content (AvgIpc) is 3.16. The Hall–Kier alpha value is -2.77. The summed E-state index contributed by atoms with van der Waals surface area (Å²) in [5.41, 5.74) is 2.95. The van der Waals surface area contributed by atoms with E-state index in [1.54, 1.807) is 22.4 Å². The highest BCUT2D eigenvalue weighted by atomic mass is 32.1.